The number of pyridine rings is 3. The summed E-state index contributed by atoms with van der Waals surface area (Å²) in [4.78, 5) is 15.1. The second-order valence-corrected chi connectivity index (χ2v) is 14.4. The van der Waals surface area contributed by atoms with Gasteiger partial charge in [-0.1, -0.05) is 115 Å². The molecular formula is C45H29N3O2S. The first-order valence-electron chi connectivity index (χ1n) is 16.7. The van der Waals surface area contributed by atoms with Crippen LogP contribution in [0.25, 0.3) is 78.4 Å². The molecule has 0 atom stereocenters. The number of sulfone groups is 1. The summed E-state index contributed by atoms with van der Waals surface area (Å²) in [6, 6.07) is 54.1. The Balaban J connectivity index is 0.959. The fourth-order valence-corrected chi connectivity index (χ4v) is 8.40. The van der Waals surface area contributed by atoms with Gasteiger partial charge in [0.25, 0.3) is 0 Å². The van der Waals surface area contributed by atoms with Crippen LogP contribution in [-0.4, -0.2) is 23.4 Å². The molecule has 1 aliphatic rings. The van der Waals surface area contributed by atoms with Gasteiger partial charge < -0.3 is 0 Å². The fourth-order valence-electron chi connectivity index (χ4n) is 6.73. The summed E-state index contributed by atoms with van der Waals surface area (Å²) in [5.41, 5.74) is 13.2. The largest absolute Gasteiger partial charge is 0.255 e. The van der Waals surface area contributed by atoms with Gasteiger partial charge in [-0.25, -0.2) is 13.4 Å². The number of fused-ring (bicyclic) bond motifs is 3. The van der Waals surface area contributed by atoms with E-state index in [1.165, 1.54) is 0 Å². The molecule has 6 heteroatoms. The third-order valence-corrected chi connectivity index (χ3v) is 11.3. The van der Waals surface area contributed by atoms with Gasteiger partial charge in [0.2, 0.25) is 9.84 Å². The lowest BCUT2D eigenvalue weighted by Crippen LogP contribution is -1.96. The lowest BCUT2D eigenvalue weighted by atomic mass is 9.96. The van der Waals surface area contributed by atoms with Crippen LogP contribution in [0.1, 0.15) is 0 Å². The summed E-state index contributed by atoms with van der Waals surface area (Å²) in [7, 11) is -3.48. The molecule has 5 aromatic carbocycles. The first-order valence-corrected chi connectivity index (χ1v) is 18.1. The van der Waals surface area contributed by atoms with Crippen molar-refractivity contribution in [3.63, 3.8) is 0 Å². The van der Waals surface area contributed by atoms with E-state index in [2.05, 4.69) is 83.8 Å². The molecule has 8 aromatic rings. The van der Waals surface area contributed by atoms with Gasteiger partial charge in [-0.05, 0) is 87.5 Å². The number of aromatic nitrogens is 3. The minimum absolute atomic E-state index is 0.373. The minimum atomic E-state index is -3.48. The number of hydrogen-bond donors (Lipinski definition) is 0. The standard InChI is InChI=1S/C45H29N3O2S/c49-51(50)44-12-5-4-10-38(44)39-26-35(22-24-45(39)51)33-17-13-31(14-18-33)32-15-19-34(20-16-32)36-21-23-41(47-29-36)43-28-37(30-8-2-1-3-9-30)27-42(48-43)40-11-6-7-25-46-40/h1-29H. The van der Waals surface area contributed by atoms with E-state index in [9.17, 15) is 8.42 Å². The van der Waals surface area contributed by atoms with Crippen molar-refractivity contribution >= 4 is 9.84 Å². The molecule has 0 aliphatic carbocycles. The van der Waals surface area contributed by atoms with Crippen molar-refractivity contribution < 1.29 is 8.42 Å². The Morgan fingerprint density at radius 3 is 1.53 bits per heavy atom. The molecule has 4 heterocycles. The fraction of sp³-hybridized carbons (Fsp3) is 0. The highest BCUT2D eigenvalue weighted by Crippen LogP contribution is 2.44. The Bertz CT molecular complexity index is 2600. The average molecular weight is 676 g/mol. The van der Waals surface area contributed by atoms with E-state index in [1.807, 2.05) is 72.9 Å². The highest BCUT2D eigenvalue weighted by atomic mass is 32.2. The first kappa shape index (κ1) is 30.6. The van der Waals surface area contributed by atoms with E-state index in [-0.39, 0.29) is 0 Å². The number of benzene rings is 5. The van der Waals surface area contributed by atoms with Crippen molar-refractivity contribution in [1.82, 2.24) is 15.0 Å². The zero-order valence-corrected chi connectivity index (χ0v) is 28.1. The highest BCUT2D eigenvalue weighted by molar-refractivity contribution is 7.92. The van der Waals surface area contributed by atoms with Gasteiger partial charge in [-0.2, -0.15) is 0 Å². The molecule has 1 aliphatic heterocycles. The van der Waals surface area contributed by atoms with Crippen molar-refractivity contribution in [2.75, 3.05) is 0 Å². The zero-order chi connectivity index (χ0) is 34.4. The second-order valence-electron chi connectivity index (χ2n) is 12.5. The Kier molecular flexibility index (Phi) is 7.45. The van der Waals surface area contributed by atoms with Crippen LogP contribution in [0.5, 0.6) is 0 Å². The van der Waals surface area contributed by atoms with Gasteiger partial charge in [-0.15, -0.1) is 0 Å². The van der Waals surface area contributed by atoms with Crippen LogP contribution in [0.3, 0.4) is 0 Å². The molecule has 0 radical (unpaired) electrons. The summed E-state index contributed by atoms with van der Waals surface area (Å²) in [6.07, 6.45) is 3.68. The Hall–Kier alpha value is -6.50. The summed E-state index contributed by atoms with van der Waals surface area (Å²) in [6.45, 7) is 0. The molecule has 0 N–H and O–H groups in total. The predicted octanol–water partition coefficient (Wildman–Crippen LogP) is 10.7. The normalized spacial score (nSPS) is 12.6. The first-order chi connectivity index (χ1) is 25.0. The predicted molar refractivity (Wildman–Crippen MR) is 203 cm³/mol. The Labute approximate surface area is 296 Å². The maximum atomic E-state index is 13.0. The molecule has 51 heavy (non-hydrogen) atoms. The SMILES string of the molecule is O=S1(=O)c2ccccc2-c2cc(-c3ccc(-c4ccc(-c5ccc(-c6cc(-c7ccccc7)cc(-c7ccccn7)n6)nc5)cc4)cc3)ccc21. The molecule has 0 amide bonds. The van der Waals surface area contributed by atoms with Crippen LogP contribution < -0.4 is 0 Å². The molecule has 9 rings (SSSR count). The molecular weight excluding hydrogens is 647 g/mol. The van der Waals surface area contributed by atoms with Gasteiger partial charge >= 0.3 is 0 Å². The lowest BCUT2D eigenvalue weighted by Gasteiger charge is -2.10. The number of nitrogens with zero attached hydrogens (tertiary/aromatic N) is 3. The molecule has 3 aromatic heterocycles. The lowest BCUT2D eigenvalue weighted by molar-refractivity contribution is 0.598. The van der Waals surface area contributed by atoms with Gasteiger partial charge in [0.1, 0.15) is 0 Å². The van der Waals surface area contributed by atoms with E-state index in [0.29, 0.717) is 9.79 Å². The van der Waals surface area contributed by atoms with Crippen molar-refractivity contribution in [2.24, 2.45) is 0 Å². The minimum Gasteiger partial charge on any atom is -0.255 e. The second kappa shape index (κ2) is 12.4. The summed E-state index contributed by atoms with van der Waals surface area (Å²) in [5.74, 6) is 0. The smallest absolute Gasteiger partial charge is 0.207 e. The summed E-state index contributed by atoms with van der Waals surface area (Å²) in [5, 5.41) is 0. The van der Waals surface area contributed by atoms with E-state index < -0.39 is 9.84 Å². The zero-order valence-electron chi connectivity index (χ0n) is 27.3. The van der Waals surface area contributed by atoms with Gasteiger partial charge in [0.05, 0.1) is 32.6 Å². The topological polar surface area (TPSA) is 72.8 Å². The van der Waals surface area contributed by atoms with Gasteiger partial charge in [0.15, 0.2) is 0 Å². The van der Waals surface area contributed by atoms with Crippen molar-refractivity contribution in [1.29, 1.82) is 0 Å². The van der Waals surface area contributed by atoms with Crippen molar-refractivity contribution in [3.8, 4) is 78.4 Å². The number of rotatable bonds is 6. The summed E-state index contributed by atoms with van der Waals surface area (Å²) < 4.78 is 26.0. The van der Waals surface area contributed by atoms with E-state index in [4.69, 9.17) is 9.97 Å². The molecule has 0 bridgehead atoms. The quantitative estimate of drug-likeness (QED) is 0.175. The molecule has 0 fully saturated rings. The highest BCUT2D eigenvalue weighted by Gasteiger charge is 2.32. The van der Waals surface area contributed by atoms with E-state index in [1.54, 1.807) is 24.4 Å². The van der Waals surface area contributed by atoms with Crippen LogP contribution in [0.4, 0.5) is 0 Å². The van der Waals surface area contributed by atoms with Gasteiger partial charge in [0, 0.05) is 29.1 Å². The van der Waals surface area contributed by atoms with E-state index >= 15 is 0 Å². The molecule has 0 saturated carbocycles. The maximum Gasteiger partial charge on any atom is 0.207 e. The Morgan fingerprint density at radius 2 is 0.882 bits per heavy atom. The van der Waals surface area contributed by atoms with Crippen molar-refractivity contribution in [3.05, 3.63) is 176 Å². The molecule has 0 unspecified atom stereocenters. The van der Waals surface area contributed by atoms with Crippen LogP contribution in [0, 0.1) is 0 Å². The van der Waals surface area contributed by atoms with E-state index in [0.717, 1.165) is 78.4 Å². The molecule has 5 nitrogen and oxygen atoms in total. The summed E-state index contributed by atoms with van der Waals surface area (Å²) >= 11 is 0. The van der Waals surface area contributed by atoms with Crippen LogP contribution in [-0.2, 0) is 9.84 Å². The number of hydrogen-bond acceptors (Lipinski definition) is 5. The van der Waals surface area contributed by atoms with Crippen LogP contribution >= 0.6 is 0 Å². The molecule has 0 spiro atoms. The maximum absolute atomic E-state index is 13.0. The monoisotopic (exact) mass is 675 g/mol. The Morgan fingerprint density at radius 1 is 0.353 bits per heavy atom. The van der Waals surface area contributed by atoms with Crippen LogP contribution in [0.15, 0.2) is 186 Å². The van der Waals surface area contributed by atoms with Crippen molar-refractivity contribution in [2.45, 2.75) is 9.79 Å². The third kappa shape index (κ3) is 5.62. The third-order valence-electron chi connectivity index (χ3n) is 9.39. The average Bonchev–Trinajstić information content (AvgIpc) is 3.44. The molecule has 0 saturated heterocycles. The van der Waals surface area contributed by atoms with Gasteiger partial charge in [-0.3, -0.25) is 9.97 Å². The van der Waals surface area contributed by atoms with Crippen LogP contribution in [0.2, 0.25) is 0 Å². The molecule has 242 valence electrons.